The summed E-state index contributed by atoms with van der Waals surface area (Å²) in [6.07, 6.45) is 8.00. The minimum Gasteiger partial charge on any atom is -0.297 e. The van der Waals surface area contributed by atoms with Crippen molar-refractivity contribution in [1.82, 2.24) is 18.7 Å². The zero-order chi connectivity index (χ0) is 16.6. The van der Waals surface area contributed by atoms with Crippen LogP contribution in [0.15, 0.2) is 24.4 Å². The number of hydrogen-bond acceptors (Lipinski definition) is 2. The molecule has 25 heavy (non-hydrogen) atoms. The van der Waals surface area contributed by atoms with Crippen LogP contribution in [0.2, 0.25) is 0 Å². The lowest BCUT2D eigenvalue weighted by Gasteiger charge is -2.45. The fourth-order valence-electron chi connectivity index (χ4n) is 4.19. The number of halogens is 1. The van der Waals surface area contributed by atoms with Gasteiger partial charge in [-0.3, -0.25) is 13.7 Å². The van der Waals surface area contributed by atoms with Gasteiger partial charge in [-0.25, -0.2) is 4.98 Å². The number of nitrogens with zero attached hydrogens (tertiary/aromatic N) is 4. The van der Waals surface area contributed by atoms with Crippen LogP contribution in [0.5, 0.6) is 0 Å². The molecule has 0 radical (unpaired) electrons. The van der Waals surface area contributed by atoms with E-state index in [0.29, 0.717) is 0 Å². The molecule has 0 aromatic carbocycles. The molecule has 0 bridgehead atoms. The number of pyridine rings is 1. The molecule has 2 saturated heterocycles. The van der Waals surface area contributed by atoms with E-state index in [-0.39, 0.29) is 12.4 Å². The summed E-state index contributed by atoms with van der Waals surface area (Å²) >= 11 is 6.58. The Hall–Kier alpha value is -0.450. The summed E-state index contributed by atoms with van der Waals surface area (Å²) in [6, 6.07) is 6.27. The molecule has 0 atom stereocenters. The topological polar surface area (TPSA) is 23.8 Å². The van der Waals surface area contributed by atoms with Gasteiger partial charge in [0.2, 0.25) is 0 Å². The predicted molar refractivity (Wildman–Crippen MR) is 112 cm³/mol. The van der Waals surface area contributed by atoms with Crippen LogP contribution in [0.1, 0.15) is 44.2 Å². The van der Waals surface area contributed by atoms with Gasteiger partial charge in [0.25, 0.3) is 0 Å². The minimum atomic E-state index is -1.96. The number of aromatic nitrogens is 2. The van der Waals surface area contributed by atoms with Crippen LogP contribution in [0, 0.1) is 6.92 Å². The van der Waals surface area contributed by atoms with Crippen molar-refractivity contribution in [1.29, 1.82) is 0 Å². The second kappa shape index (κ2) is 8.06. The van der Waals surface area contributed by atoms with Gasteiger partial charge in [-0.1, -0.05) is 30.7 Å². The standard InChI is InChI=1S/C18H27N4PS.ClH/c1-16-18(22-15-9-4-10-17(22)19-16)23(24,20-11-5-2-6-12-20)21-13-7-3-8-14-21;/h4,9-10,15H,2-3,5-8,11-14H2,1H3;1H. The van der Waals surface area contributed by atoms with Crippen molar-refractivity contribution < 1.29 is 0 Å². The van der Waals surface area contributed by atoms with Crippen LogP contribution < -0.4 is 5.44 Å². The molecule has 138 valence electrons. The van der Waals surface area contributed by atoms with Crippen LogP contribution in [-0.2, 0) is 11.8 Å². The quantitative estimate of drug-likeness (QED) is 0.730. The molecular formula is C18H28ClN4PS. The summed E-state index contributed by atoms with van der Waals surface area (Å²) in [4.78, 5) is 4.84. The maximum absolute atomic E-state index is 6.58. The third-order valence-electron chi connectivity index (χ3n) is 5.38. The van der Waals surface area contributed by atoms with Gasteiger partial charge < -0.3 is 0 Å². The summed E-state index contributed by atoms with van der Waals surface area (Å²) in [5.41, 5.74) is 3.46. The third kappa shape index (κ3) is 3.42. The van der Waals surface area contributed by atoms with E-state index in [1.54, 1.807) is 0 Å². The molecule has 0 amide bonds. The first-order valence-corrected chi connectivity index (χ1v) is 12.0. The number of piperidine rings is 2. The lowest BCUT2D eigenvalue weighted by atomic mass is 10.2. The molecule has 2 fully saturated rings. The Morgan fingerprint density at radius 2 is 1.48 bits per heavy atom. The maximum Gasteiger partial charge on any atom is 0.137 e. The van der Waals surface area contributed by atoms with Crippen LogP contribution in [-0.4, -0.2) is 44.9 Å². The lowest BCUT2D eigenvalue weighted by Crippen LogP contribution is -2.43. The van der Waals surface area contributed by atoms with Crippen molar-refractivity contribution in [2.75, 3.05) is 26.2 Å². The highest BCUT2D eigenvalue weighted by molar-refractivity contribution is 8.15. The zero-order valence-corrected chi connectivity index (χ0v) is 17.5. The van der Waals surface area contributed by atoms with E-state index in [2.05, 4.69) is 45.1 Å². The van der Waals surface area contributed by atoms with Crippen LogP contribution in [0.25, 0.3) is 5.65 Å². The van der Waals surface area contributed by atoms with Crippen molar-refractivity contribution >= 4 is 41.6 Å². The van der Waals surface area contributed by atoms with Gasteiger partial charge in [0.1, 0.15) is 17.4 Å². The molecule has 7 heteroatoms. The van der Waals surface area contributed by atoms with Crippen molar-refractivity contribution in [3.8, 4) is 0 Å². The van der Waals surface area contributed by atoms with Gasteiger partial charge in [0.15, 0.2) is 0 Å². The summed E-state index contributed by atoms with van der Waals surface area (Å²) in [7, 11) is 0. The van der Waals surface area contributed by atoms with Crippen LogP contribution in [0.4, 0.5) is 0 Å². The zero-order valence-electron chi connectivity index (χ0n) is 14.9. The highest BCUT2D eigenvalue weighted by Gasteiger charge is 2.39. The highest BCUT2D eigenvalue weighted by atomic mass is 35.5. The fourth-order valence-corrected chi connectivity index (χ4v) is 9.30. The Morgan fingerprint density at radius 3 is 2.04 bits per heavy atom. The second-order valence-electron chi connectivity index (χ2n) is 7.02. The Morgan fingerprint density at radius 1 is 0.920 bits per heavy atom. The molecule has 0 N–H and O–H groups in total. The van der Waals surface area contributed by atoms with Gasteiger partial charge in [0.05, 0.1) is 5.69 Å². The van der Waals surface area contributed by atoms with E-state index >= 15 is 0 Å². The summed E-state index contributed by atoms with van der Waals surface area (Å²) in [5.74, 6) is 0. The second-order valence-corrected chi connectivity index (χ2v) is 11.2. The van der Waals surface area contributed by atoms with Crippen molar-refractivity contribution in [2.24, 2.45) is 0 Å². The molecule has 0 aliphatic carbocycles. The number of rotatable bonds is 3. The van der Waals surface area contributed by atoms with Gasteiger partial charge in [-0.15, -0.1) is 12.4 Å². The SMILES string of the molecule is Cc1nc2ccccn2c1P(=S)(N1CCCCC1)N1CCCCC1.Cl. The smallest absolute Gasteiger partial charge is 0.137 e. The average molecular weight is 399 g/mol. The predicted octanol–water partition coefficient (Wildman–Crippen LogP) is 3.97. The van der Waals surface area contributed by atoms with Gasteiger partial charge in [0, 0.05) is 32.4 Å². The van der Waals surface area contributed by atoms with E-state index in [9.17, 15) is 0 Å². The monoisotopic (exact) mass is 398 g/mol. The first kappa shape index (κ1) is 19.3. The summed E-state index contributed by atoms with van der Waals surface area (Å²) < 4.78 is 7.58. The van der Waals surface area contributed by atoms with Crippen molar-refractivity contribution in [3.05, 3.63) is 30.1 Å². The van der Waals surface area contributed by atoms with E-state index < -0.39 is 6.34 Å². The Labute approximate surface area is 162 Å². The lowest BCUT2D eigenvalue weighted by molar-refractivity contribution is 0.313. The molecule has 4 heterocycles. The number of hydrogen-bond donors (Lipinski definition) is 0. The molecule has 4 nitrogen and oxygen atoms in total. The fraction of sp³-hybridized carbons (Fsp3) is 0.611. The third-order valence-corrected chi connectivity index (χ3v) is 10.7. The Bertz CT molecular complexity index is 744. The summed E-state index contributed by atoms with van der Waals surface area (Å²) in [5, 5.41) is 0. The molecule has 2 aliphatic rings. The van der Waals surface area contributed by atoms with E-state index in [1.165, 1.54) is 44.0 Å². The van der Waals surface area contributed by atoms with Crippen molar-refractivity contribution in [2.45, 2.75) is 45.4 Å². The van der Waals surface area contributed by atoms with Crippen molar-refractivity contribution in [3.63, 3.8) is 0 Å². The van der Waals surface area contributed by atoms with Gasteiger partial charge in [-0.05, 0) is 44.7 Å². The first-order valence-electron chi connectivity index (χ1n) is 9.26. The van der Waals surface area contributed by atoms with E-state index in [1.807, 2.05) is 0 Å². The van der Waals surface area contributed by atoms with E-state index in [4.69, 9.17) is 16.8 Å². The minimum absolute atomic E-state index is 0. The van der Waals surface area contributed by atoms with Crippen LogP contribution >= 0.6 is 18.7 Å². The molecule has 2 aliphatic heterocycles. The highest BCUT2D eigenvalue weighted by Crippen LogP contribution is 2.55. The molecule has 0 spiro atoms. The summed E-state index contributed by atoms with van der Waals surface area (Å²) in [6.45, 7) is 6.73. The average Bonchev–Trinajstić information content (AvgIpc) is 2.99. The number of aryl methyl sites for hydroxylation is 1. The molecule has 2 aromatic rings. The molecular weight excluding hydrogens is 371 g/mol. The Balaban J connectivity index is 0.00000182. The van der Waals surface area contributed by atoms with E-state index in [0.717, 1.165) is 37.5 Å². The Kier molecular flexibility index (Phi) is 6.23. The largest absolute Gasteiger partial charge is 0.297 e. The molecule has 0 saturated carbocycles. The maximum atomic E-state index is 6.58. The van der Waals surface area contributed by atoms with Crippen LogP contribution in [0.3, 0.4) is 0 Å². The number of imidazole rings is 1. The molecule has 2 aromatic heterocycles. The van der Waals surface area contributed by atoms with Gasteiger partial charge >= 0.3 is 0 Å². The molecule has 4 rings (SSSR count). The normalized spacial score (nSPS) is 20.5. The first-order chi connectivity index (χ1) is 11.7. The number of fused-ring (bicyclic) bond motifs is 1. The van der Waals surface area contributed by atoms with Gasteiger partial charge in [-0.2, -0.15) is 0 Å². The molecule has 0 unspecified atom stereocenters.